The minimum Gasteiger partial charge on any atom is -0.339 e. The van der Waals surface area contributed by atoms with Crippen molar-refractivity contribution < 1.29 is 13.7 Å². The van der Waals surface area contributed by atoms with Crippen LogP contribution in [0.2, 0.25) is 0 Å². The number of alkyl halides is 1. The lowest BCUT2D eigenvalue weighted by molar-refractivity contribution is -0.215. The van der Waals surface area contributed by atoms with E-state index in [1.54, 1.807) is 0 Å². The first-order chi connectivity index (χ1) is 20.7. The first kappa shape index (κ1) is 26.3. The van der Waals surface area contributed by atoms with Gasteiger partial charge in [-0.25, -0.2) is 14.4 Å². The quantitative estimate of drug-likeness (QED) is 0.262. The van der Waals surface area contributed by atoms with Crippen LogP contribution in [0.1, 0.15) is 120 Å². The number of rotatable bonds is 9. The number of carbonyl (C=O) groups excluding carboxylic acids is 1. The number of nitrogens with zero attached hydrogens (tertiary/aromatic N) is 5. The fourth-order valence-electron chi connectivity index (χ4n) is 8.94. The highest BCUT2D eigenvalue weighted by Crippen LogP contribution is 2.71. The van der Waals surface area contributed by atoms with Crippen molar-refractivity contribution in [2.24, 2.45) is 10.8 Å². The molecule has 0 spiro atoms. The fraction of sp³-hybridized carbons (Fsp3) is 0.629. The molecule has 0 N–H and O–H groups in total. The maximum absolute atomic E-state index is 14.4. The molecule has 224 valence electrons. The Morgan fingerprint density at radius 2 is 1.65 bits per heavy atom. The van der Waals surface area contributed by atoms with Gasteiger partial charge in [-0.3, -0.25) is 4.79 Å². The summed E-state index contributed by atoms with van der Waals surface area (Å²) in [6.07, 6.45) is 16.8. The largest absolute Gasteiger partial charge is 0.339 e. The number of benzene rings is 1. The number of carbonyl (C=O) groups is 1. The normalized spacial score (nSPS) is 34.7. The summed E-state index contributed by atoms with van der Waals surface area (Å²) in [6, 6.07) is 8.30. The van der Waals surface area contributed by atoms with E-state index in [4.69, 9.17) is 9.51 Å². The van der Waals surface area contributed by atoms with Gasteiger partial charge < -0.3 is 9.42 Å². The lowest BCUT2D eigenvalue weighted by Gasteiger charge is -2.66. The van der Waals surface area contributed by atoms with Gasteiger partial charge in [-0.05, 0) is 112 Å². The maximum atomic E-state index is 14.4. The molecule has 8 aliphatic carbocycles. The van der Waals surface area contributed by atoms with Crippen molar-refractivity contribution in [2.75, 3.05) is 11.4 Å². The van der Waals surface area contributed by atoms with E-state index >= 15 is 0 Å². The second-order valence-corrected chi connectivity index (χ2v) is 15.8. The summed E-state index contributed by atoms with van der Waals surface area (Å²) < 4.78 is 20.2. The van der Waals surface area contributed by atoms with Crippen LogP contribution in [0.25, 0.3) is 11.1 Å². The topological polar surface area (TPSA) is 85.0 Å². The second kappa shape index (κ2) is 8.72. The van der Waals surface area contributed by atoms with Gasteiger partial charge in [-0.1, -0.05) is 24.2 Å². The Hall–Kier alpha value is -3.16. The summed E-state index contributed by atoms with van der Waals surface area (Å²) in [5, 5.41) is 4.51. The minimum absolute atomic E-state index is 0.00257. The lowest BCUT2D eigenvalue weighted by atomic mass is 9.41. The Morgan fingerprint density at radius 1 is 0.953 bits per heavy atom. The van der Waals surface area contributed by atoms with Crippen LogP contribution in [-0.4, -0.2) is 38.2 Å². The van der Waals surface area contributed by atoms with Gasteiger partial charge in [0.15, 0.2) is 5.82 Å². The molecule has 1 amide bonds. The molecule has 8 heteroatoms. The third-order valence-corrected chi connectivity index (χ3v) is 12.3. The number of halogens is 1. The van der Waals surface area contributed by atoms with E-state index in [1.165, 1.54) is 12.8 Å². The molecule has 8 aliphatic rings. The van der Waals surface area contributed by atoms with E-state index in [0.29, 0.717) is 38.1 Å². The number of hydrogen-bond donors (Lipinski definition) is 0. The van der Waals surface area contributed by atoms with E-state index in [1.807, 2.05) is 23.4 Å². The summed E-state index contributed by atoms with van der Waals surface area (Å²) in [4.78, 5) is 30.4. The van der Waals surface area contributed by atoms with Gasteiger partial charge in [0.25, 0.3) is 0 Å². The van der Waals surface area contributed by atoms with Gasteiger partial charge in [0.05, 0.1) is 0 Å². The Kier molecular flexibility index (Phi) is 5.33. The Balaban J connectivity index is 0.973. The Labute approximate surface area is 252 Å². The molecule has 2 aromatic heterocycles. The zero-order valence-corrected chi connectivity index (χ0v) is 25.1. The highest BCUT2D eigenvalue weighted by atomic mass is 19.1. The van der Waals surface area contributed by atoms with Crippen LogP contribution in [0, 0.1) is 10.8 Å². The van der Waals surface area contributed by atoms with Crippen molar-refractivity contribution in [3.8, 4) is 11.1 Å². The number of anilines is 1. The molecule has 0 radical (unpaired) electrons. The SMILES string of the molecule is CC1(c2nc(C34CCC(CN(C(=O)CC56CC(F)(C5)C6)c5cccc(-c6cnc(C7CC7)nc6)c5)(CC3)CC4)no2)CC1. The number of fused-ring (bicyclic) bond motifs is 3. The monoisotopic (exact) mass is 581 g/mol. The standard InChI is InChI=1S/C35H40FN5O2/c1-31(7-8-31)30-39-29(40-43-30)34-12-9-32(10-13-34,11-14-34)22-41(27(42)16-33-19-35(36,20-33)21-33)26-4-2-3-24(15-26)25-17-37-28(38-18-25)23-5-6-23/h2-4,15,17-18,23H,5-14,16,19-22H2,1H3. The van der Waals surface area contributed by atoms with Gasteiger partial charge in [0.1, 0.15) is 11.5 Å². The third kappa shape index (κ3) is 4.29. The Morgan fingerprint density at radius 3 is 2.28 bits per heavy atom. The van der Waals surface area contributed by atoms with Gasteiger partial charge in [0.2, 0.25) is 11.8 Å². The van der Waals surface area contributed by atoms with Crippen molar-refractivity contribution in [2.45, 2.75) is 119 Å². The van der Waals surface area contributed by atoms with E-state index < -0.39 is 5.67 Å². The molecule has 4 bridgehead atoms. The molecule has 0 unspecified atom stereocenters. The van der Waals surface area contributed by atoms with E-state index in [0.717, 1.165) is 85.7 Å². The molecular formula is C35H40FN5O2. The van der Waals surface area contributed by atoms with Crippen molar-refractivity contribution in [1.82, 2.24) is 20.1 Å². The average molecular weight is 582 g/mol. The average Bonchev–Trinajstić information content (AvgIpc) is 3.93. The molecule has 7 nitrogen and oxygen atoms in total. The first-order valence-electron chi connectivity index (χ1n) is 16.4. The van der Waals surface area contributed by atoms with Crippen molar-refractivity contribution in [3.05, 3.63) is 54.2 Å². The molecule has 8 fully saturated rings. The summed E-state index contributed by atoms with van der Waals surface area (Å²) >= 11 is 0. The van der Waals surface area contributed by atoms with Crippen molar-refractivity contribution in [3.63, 3.8) is 0 Å². The van der Waals surface area contributed by atoms with Gasteiger partial charge >= 0.3 is 0 Å². The predicted octanol–water partition coefficient (Wildman–Crippen LogP) is 7.36. The van der Waals surface area contributed by atoms with E-state index in [2.05, 4.69) is 40.2 Å². The third-order valence-electron chi connectivity index (χ3n) is 12.3. The van der Waals surface area contributed by atoms with Crippen LogP contribution in [0.5, 0.6) is 0 Å². The number of hydrogen-bond acceptors (Lipinski definition) is 6. The van der Waals surface area contributed by atoms with Crippen molar-refractivity contribution >= 4 is 11.6 Å². The minimum atomic E-state index is -1.00. The second-order valence-electron chi connectivity index (χ2n) is 15.8. The molecule has 11 rings (SSSR count). The molecule has 8 saturated carbocycles. The molecule has 3 aromatic rings. The summed E-state index contributed by atoms with van der Waals surface area (Å²) in [5.41, 5.74) is 1.93. The Bertz CT molecular complexity index is 1560. The number of amides is 1. The molecule has 0 saturated heterocycles. The van der Waals surface area contributed by atoms with Crippen molar-refractivity contribution in [1.29, 1.82) is 0 Å². The van der Waals surface area contributed by atoms with E-state index in [9.17, 15) is 9.18 Å². The highest BCUT2D eigenvalue weighted by Gasteiger charge is 2.69. The zero-order chi connectivity index (χ0) is 29.1. The molecular weight excluding hydrogens is 541 g/mol. The van der Waals surface area contributed by atoms with Crippen LogP contribution in [0.15, 0.2) is 41.2 Å². The lowest BCUT2D eigenvalue weighted by Crippen LogP contribution is -2.65. The van der Waals surface area contributed by atoms with Crippen LogP contribution in [-0.2, 0) is 15.6 Å². The highest BCUT2D eigenvalue weighted by molar-refractivity contribution is 5.95. The molecule has 0 atom stereocenters. The number of aromatic nitrogens is 4. The summed E-state index contributed by atoms with van der Waals surface area (Å²) in [7, 11) is 0. The molecule has 1 aromatic carbocycles. The predicted molar refractivity (Wildman–Crippen MR) is 159 cm³/mol. The molecule has 43 heavy (non-hydrogen) atoms. The molecule has 0 aliphatic heterocycles. The molecule has 2 heterocycles. The summed E-state index contributed by atoms with van der Waals surface area (Å²) in [6.45, 7) is 2.92. The van der Waals surface area contributed by atoms with E-state index in [-0.39, 0.29) is 27.6 Å². The smallest absolute Gasteiger partial charge is 0.232 e. The van der Waals surface area contributed by atoms with Crippen LogP contribution in [0.3, 0.4) is 0 Å². The van der Waals surface area contributed by atoms with Gasteiger partial charge in [-0.15, -0.1) is 0 Å². The van der Waals surface area contributed by atoms with Gasteiger partial charge in [-0.2, -0.15) is 4.98 Å². The van der Waals surface area contributed by atoms with Crippen LogP contribution in [0.4, 0.5) is 10.1 Å². The van der Waals surface area contributed by atoms with Crippen LogP contribution >= 0.6 is 0 Å². The maximum Gasteiger partial charge on any atom is 0.232 e. The fourth-order valence-corrected chi connectivity index (χ4v) is 8.94. The summed E-state index contributed by atoms with van der Waals surface area (Å²) in [5.74, 6) is 3.30. The first-order valence-corrected chi connectivity index (χ1v) is 16.4. The zero-order valence-electron chi connectivity index (χ0n) is 25.1. The van der Waals surface area contributed by atoms with Gasteiger partial charge in [0, 0.05) is 53.4 Å². The van der Waals surface area contributed by atoms with Crippen LogP contribution < -0.4 is 4.90 Å².